The lowest BCUT2D eigenvalue weighted by Gasteiger charge is -2.23. The molecule has 2 rings (SSSR count). The zero-order valence-corrected chi connectivity index (χ0v) is 11.3. The molecule has 1 unspecified atom stereocenters. The highest BCUT2D eigenvalue weighted by atomic mass is 16.1. The van der Waals surface area contributed by atoms with Gasteiger partial charge in [0.15, 0.2) is 0 Å². The van der Waals surface area contributed by atoms with Crippen LogP contribution in [0.1, 0.15) is 24.0 Å². The molecule has 3 heteroatoms. The first-order valence-electron chi connectivity index (χ1n) is 6.69. The third-order valence-electron chi connectivity index (χ3n) is 3.72. The van der Waals surface area contributed by atoms with Crippen molar-refractivity contribution in [3.63, 3.8) is 0 Å². The Balaban J connectivity index is 1.95. The molecule has 0 saturated carbocycles. The predicted molar refractivity (Wildman–Crippen MR) is 73.5 cm³/mol. The molecule has 0 bridgehead atoms. The quantitative estimate of drug-likeness (QED) is 0.878. The number of rotatable bonds is 4. The van der Waals surface area contributed by atoms with Crippen molar-refractivity contribution in [2.45, 2.75) is 32.2 Å². The third kappa shape index (κ3) is 3.33. The van der Waals surface area contributed by atoms with Gasteiger partial charge in [0, 0.05) is 13.1 Å². The molecular formula is C15H22N2O. The predicted octanol–water partition coefficient (Wildman–Crippen LogP) is 1.75. The fourth-order valence-electron chi connectivity index (χ4n) is 2.59. The number of carbonyl (C=O) groups is 1. The summed E-state index contributed by atoms with van der Waals surface area (Å²) in [7, 11) is 1.70. The molecule has 0 aliphatic carbocycles. The first-order valence-corrected chi connectivity index (χ1v) is 6.69. The van der Waals surface area contributed by atoms with E-state index in [9.17, 15) is 4.79 Å². The summed E-state index contributed by atoms with van der Waals surface area (Å²) in [5, 5.41) is 2.70. The molecule has 1 N–H and O–H groups in total. The Morgan fingerprint density at radius 3 is 2.78 bits per heavy atom. The lowest BCUT2D eigenvalue weighted by molar-refractivity contribution is -0.121. The molecule has 1 heterocycles. The minimum Gasteiger partial charge on any atom is -0.358 e. The summed E-state index contributed by atoms with van der Waals surface area (Å²) in [6, 6.07) is 9.24. The van der Waals surface area contributed by atoms with Gasteiger partial charge in [-0.1, -0.05) is 29.8 Å². The first kappa shape index (κ1) is 13.1. The minimum atomic E-state index is 0.116. The molecule has 1 aliphatic heterocycles. The van der Waals surface area contributed by atoms with E-state index >= 15 is 0 Å². The zero-order valence-electron chi connectivity index (χ0n) is 11.3. The molecule has 1 aromatic carbocycles. The third-order valence-corrected chi connectivity index (χ3v) is 3.72. The SMILES string of the molecule is CNC(=O)CN1CCCC1Cc1ccc(C)cc1. The van der Waals surface area contributed by atoms with Crippen LogP contribution in [0, 0.1) is 6.92 Å². The largest absolute Gasteiger partial charge is 0.358 e. The van der Waals surface area contributed by atoms with Gasteiger partial charge >= 0.3 is 0 Å². The van der Waals surface area contributed by atoms with Crippen LogP contribution < -0.4 is 5.32 Å². The maximum Gasteiger partial charge on any atom is 0.233 e. The summed E-state index contributed by atoms with van der Waals surface area (Å²) in [4.78, 5) is 13.8. The second-order valence-electron chi connectivity index (χ2n) is 5.13. The van der Waals surface area contributed by atoms with Crippen LogP contribution in [-0.2, 0) is 11.2 Å². The van der Waals surface area contributed by atoms with Gasteiger partial charge in [0.2, 0.25) is 5.91 Å². The number of hydrogen-bond donors (Lipinski definition) is 1. The molecule has 1 atom stereocenters. The normalized spacial score (nSPS) is 20.0. The van der Waals surface area contributed by atoms with Gasteiger partial charge in [-0.25, -0.2) is 0 Å². The van der Waals surface area contributed by atoms with Crippen LogP contribution in [0.15, 0.2) is 24.3 Å². The second-order valence-corrected chi connectivity index (χ2v) is 5.13. The van der Waals surface area contributed by atoms with E-state index in [0.29, 0.717) is 12.6 Å². The van der Waals surface area contributed by atoms with Crippen molar-refractivity contribution in [2.24, 2.45) is 0 Å². The van der Waals surface area contributed by atoms with Crippen molar-refractivity contribution in [1.82, 2.24) is 10.2 Å². The molecular weight excluding hydrogens is 224 g/mol. The van der Waals surface area contributed by atoms with Gasteiger partial charge in [0.1, 0.15) is 0 Å². The molecule has 98 valence electrons. The molecule has 1 aromatic rings. The Kier molecular flexibility index (Phi) is 4.37. The van der Waals surface area contributed by atoms with Gasteiger partial charge in [-0.2, -0.15) is 0 Å². The minimum absolute atomic E-state index is 0.116. The number of benzene rings is 1. The van der Waals surface area contributed by atoms with Crippen molar-refractivity contribution in [2.75, 3.05) is 20.1 Å². The summed E-state index contributed by atoms with van der Waals surface area (Å²) in [5.41, 5.74) is 2.67. The fraction of sp³-hybridized carbons (Fsp3) is 0.533. The van der Waals surface area contributed by atoms with Crippen LogP contribution in [0.5, 0.6) is 0 Å². The van der Waals surface area contributed by atoms with Gasteiger partial charge in [-0.3, -0.25) is 9.69 Å². The van der Waals surface area contributed by atoms with Gasteiger partial charge in [-0.15, -0.1) is 0 Å². The van der Waals surface area contributed by atoms with E-state index < -0.39 is 0 Å². The molecule has 18 heavy (non-hydrogen) atoms. The molecule has 1 saturated heterocycles. The number of hydrogen-bond acceptors (Lipinski definition) is 2. The van der Waals surface area contributed by atoms with Crippen LogP contribution in [-0.4, -0.2) is 37.0 Å². The first-order chi connectivity index (χ1) is 8.69. The summed E-state index contributed by atoms with van der Waals surface area (Å²) in [6.07, 6.45) is 3.45. The number of nitrogens with zero attached hydrogens (tertiary/aromatic N) is 1. The molecule has 0 aromatic heterocycles. The standard InChI is InChI=1S/C15H22N2O/c1-12-5-7-13(8-6-12)10-14-4-3-9-17(14)11-15(18)16-2/h5-8,14H,3-4,9-11H2,1-2H3,(H,16,18). The van der Waals surface area contributed by atoms with E-state index in [-0.39, 0.29) is 5.91 Å². The van der Waals surface area contributed by atoms with Crippen LogP contribution in [0.4, 0.5) is 0 Å². The van der Waals surface area contributed by atoms with Gasteiger partial charge in [0.25, 0.3) is 0 Å². The summed E-state index contributed by atoms with van der Waals surface area (Å²) in [6.45, 7) is 3.69. The molecule has 1 fully saturated rings. The monoisotopic (exact) mass is 246 g/mol. The van der Waals surface area contributed by atoms with E-state index in [0.717, 1.165) is 13.0 Å². The van der Waals surface area contributed by atoms with Crippen LogP contribution in [0.3, 0.4) is 0 Å². The van der Waals surface area contributed by atoms with Gasteiger partial charge < -0.3 is 5.32 Å². The Bertz CT molecular complexity index is 399. The van der Waals surface area contributed by atoms with E-state index in [1.807, 2.05) is 0 Å². The van der Waals surface area contributed by atoms with Crippen molar-refractivity contribution >= 4 is 5.91 Å². The van der Waals surface area contributed by atoms with Crippen LogP contribution in [0.25, 0.3) is 0 Å². The average Bonchev–Trinajstić information content (AvgIpc) is 2.79. The van der Waals surface area contributed by atoms with Crippen molar-refractivity contribution in [3.05, 3.63) is 35.4 Å². The topological polar surface area (TPSA) is 32.3 Å². The molecule has 1 amide bonds. The number of aryl methyl sites for hydroxylation is 1. The van der Waals surface area contributed by atoms with Crippen molar-refractivity contribution < 1.29 is 4.79 Å². The highest BCUT2D eigenvalue weighted by molar-refractivity contribution is 5.77. The number of likely N-dealkylation sites (N-methyl/N-ethyl adjacent to an activating group) is 1. The Morgan fingerprint density at radius 2 is 2.11 bits per heavy atom. The fourth-order valence-corrected chi connectivity index (χ4v) is 2.59. The van der Waals surface area contributed by atoms with Crippen molar-refractivity contribution in [1.29, 1.82) is 0 Å². The summed E-state index contributed by atoms with van der Waals surface area (Å²) >= 11 is 0. The highest BCUT2D eigenvalue weighted by Gasteiger charge is 2.25. The average molecular weight is 246 g/mol. The summed E-state index contributed by atoms with van der Waals surface area (Å²) < 4.78 is 0. The molecule has 1 aliphatic rings. The van der Waals surface area contributed by atoms with Gasteiger partial charge in [-0.05, 0) is 38.3 Å². The van der Waals surface area contributed by atoms with E-state index in [1.165, 1.54) is 24.0 Å². The lowest BCUT2D eigenvalue weighted by atomic mass is 10.0. The Morgan fingerprint density at radius 1 is 1.39 bits per heavy atom. The lowest BCUT2D eigenvalue weighted by Crippen LogP contribution is -2.39. The smallest absolute Gasteiger partial charge is 0.233 e. The van der Waals surface area contributed by atoms with E-state index in [1.54, 1.807) is 7.05 Å². The Hall–Kier alpha value is -1.35. The molecule has 3 nitrogen and oxygen atoms in total. The zero-order chi connectivity index (χ0) is 13.0. The summed E-state index contributed by atoms with van der Waals surface area (Å²) in [5.74, 6) is 0.116. The van der Waals surface area contributed by atoms with E-state index in [2.05, 4.69) is 41.4 Å². The number of likely N-dealkylation sites (tertiary alicyclic amines) is 1. The maximum absolute atomic E-state index is 11.5. The molecule has 0 spiro atoms. The van der Waals surface area contributed by atoms with E-state index in [4.69, 9.17) is 0 Å². The molecule has 0 radical (unpaired) electrons. The Labute approximate surface area is 109 Å². The second kappa shape index (κ2) is 6.01. The maximum atomic E-state index is 11.5. The number of amides is 1. The van der Waals surface area contributed by atoms with Gasteiger partial charge in [0.05, 0.1) is 6.54 Å². The van der Waals surface area contributed by atoms with Crippen molar-refractivity contribution in [3.8, 4) is 0 Å². The number of carbonyl (C=O) groups excluding carboxylic acids is 1. The number of nitrogens with one attached hydrogen (secondary N) is 1. The highest BCUT2D eigenvalue weighted by Crippen LogP contribution is 2.20. The van der Waals surface area contributed by atoms with Crippen LogP contribution in [0.2, 0.25) is 0 Å². The van der Waals surface area contributed by atoms with Crippen LogP contribution >= 0.6 is 0 Å².